The van der Waals surface area contributed by atoms with Crippen LogP contribution in [0.3, 0.4) is 0 Å². The molecule has 17 heteroatoms. The molecule has 2 saturated heterocycles. The van der Waals surface area contributed by atoms with Gasteiger partial charge in [0.15, 0.2) is 32.3 Å². The van der Waals surface area contributed by atoms with E-state index in [2.05, 4.69) is 0 Å². The molecule has 0 unspecified atom stereocenters. The van der Waals surface area contributed by atoms with Crippen LogP contribution in [0, 0.1) is 5.92 Å². The molecule has 41 heavy (non-hydrogen) atoms. The van der Waals surface area contributed by atoms with Crippen molar-refractivity contribution in [2.45, 2.75) is 101 Å². The monoisotopic (exact) mass is 638 g/mol. The van der Waals surface area contributed by atoms with Crippen molar-refractivity contribution in [3.05, 3.63) is 0 Å². The van der Waals surface area contributed by atoms with Crippen LogP contribution in [0.25, 0.3) is 0 Å². The lowest BCUT2D eigenvalue weighted by Crippen LogP contribution is -2.64. The van der Waals surface area contributed by atoms with Gasteiger partial charge in [-0.05, 0) is 12.8 Å². The van der Waals surface area contributed by atoms with Gasteiger partial charge in [0, 0.05) is 5.92 Å². The summed E-state index contributed by atoms with van der Waals surface area (Å²) in [4.78, 5) is 0. The standard InChI is InChI=1S/C24H46O15S2/c1-3-5-7-40(32,33)12-14(13-41(34,35)8-6-4-2)11-36-23-21(31)19(29)22(16(10-26)38-23)39-24-20(30)18(28)17(27)15(9-25)37-24/h14-31H,3-13H2,1-2H3/t15-,16-,17+,18+,19-,20-,21-,22+,23-,24-/m1/s1. The Morgan fingerprint density at radius 1 is 0.683 bits per heavy atom. The topological polar surface area (TPSA) is 247 Å². The second-order valence-corrected chi connectivity index (χ2v) is 15.1. The van der Waals surface area contributed by atoms with Crippen molar-refractivity contribution in [3.63, 3.8) is 0 Å². The maximum absolute atomic E-state index is 12.6. The molecule has 2 aliphatic rings. The van der Waals surface area contributed by atoms with Crippen molar-refractivity contribution in [3.8, 4) is 0 Å². The summed E-state index contributed by atoms with van der Waals surface area (Å²) in [7, 11) is -7.25. The average molecular weight is 639 g/mol. The van der Waals surface area contributed by atoms with E-state index in [1.54, 1.807) is 0 Å². The molecular weight excluding hydrogens is 592 g/mol. The molecule has 2 fully saturated rings. The van der Waals surface area contributed by atoms with Gasteiger partial charge >= 0.3 is 0 Å². The van der Waals surface area contributed by atoms with E-state index in [9.17, 15) is 52.6 Å². The minimum atomic E-state index is -3.62. The van der Waals surface area contributed by atoms with Gasteiger partial charge in [0.25, 0.3) is 0 Å². The fraction of sp³-hybridized carbons (Fsp3) is 1.00. The fourth-order valence-corrected chi connectivity index (χ4v) is 8.49. The Balaban J connectivity index is 2.13. The SMILES string of the molecule is CCCCS(=O)(=O)CC(CO[C@@H]1O[C@H](CO)[C@H](O[C@H]2O[C@H](CO)[C@H](O)[C@H](O)[C@H]2O)[C@H](O)[C@H]1O)CS(=O)(=O)CCCC. The summed E-state index contributed by atoms with van der Waals surface area (Å²) in [5.41, 5.74) is 0. The predicted molar refractivity (Wildman–Crippen MR) is 143 cm³/mol. The summed E-state index contributed by atoms with van der Waals surface area (Å²) in [5.74, 6) is -2.20. The summed E-state index contributed by atoms with van der Waals surface area (Å²) < 4.78 is 72.3. The van der Waals surface area contributed by atoms with Crippen molar-refractivity contribution >= 4 is 19.7 Å². The van der Waals surface area contributed by atoms with Gasteiger partial charge in [-0.1, -0.05) is 26.7 Å². The Labute approximate surface area is 240 Å². The van der Waals surface area contributed by atoms with E-state index in [1.165, 1.54) is 0 Å². The first-order valence-corrected chi connectivity index (χ1v) is 17.4. The normalized spacial score (nSPS) is 35.2. The van der Waals surface area contributed by atoms with Gasteiger partial charge in [-0.2, -0.15) is 0 Å². The Hall–Kier alpha value is -0.540. The number of rotatable bonds is 17. The molecule has 0 saturated carbocycles. The molecule has 0 aliphatic carbocycles. The molecule has 0 aromatic carbocycles. The van der Waals surface area contributed by atoms with Crippen LogP contribution in [0.2, 0.25) is 0 Å². The van der Waals surface area contributed by atoms with E-state index in [0.717, 1.165) is 0 Å². The molecule has 0 aromatic rings. The van der Waals surface area contributed by atoms with Crippen molar-refractivity contribution in [2.24, 2.45) is 5.92 Å². The van der Waals surface area contributed by atoms with Crippen LogP contribution in [0.5, 0.6) is 0 Å². The lowest BCUT2D eigenvalue weighted by molar-refractivity contribution is -0.359. The van der Waals surface area contributed by atoms with Crippen molar-refractivity contribution < 1.29 is 71.5 Å². The van der Waals surface area contributed by atoms with Gasteiger partial charge < -0.3 is 54.7 Å². The molecule has 2 rings (SSSR count). The zero-order valence-corrected chi connectivity index (χ0v) is 25.0. The highest BCUT2D eigenvalue weighted by molar-refractivity contribution is 7.92. The van der Waals surface area contributed by atoms with Gasteiger partial charge in [0.05, 0.1) is 42.8 Å². The Kier molecular flexibility index (Phi) is 14.8. The number of unbranched alkanes of at least 4 members (excludes halogenated alkanes) is 2. The molecule has 0 spiro atoms. The van der Waals surface area contributed by atoms with Gasteiger partial charge in [-0.15, -0.1) is 0 Å². The third-order valence-corrected chi connectivity index (χ3v) is 10.8. The first kappa shape index (κ1) is 36.7. The molecule has 2 heterocycles. The van der Waals surface area contributed by atoms with E-state index in [4.69, 9.17) is 18.9 Å². The number of hydrogen-bond acceptors (Lipinski definition) is 15. The fourth-order valence-electron chi connectivity index (χ4n) is 4.68. The molecule has 244 valence electrons. The van der Waals surface area contributed by atoms with E-state index in [1.807, 2.05) is 13.8 Å². The number of sulfone groups is 2. The lowest BCUT2D eigenvalue weighted by Gasteiger charge is -2.46. The molecule has 15 nitrogen and oxygen atoms in total. The first-order chi connectivity index (χ1) is 19.2. The maximum Gasteiger partial charge on any atom is 0.187 e. The summed E-state index contributed by atoms with van der Waals surface area (Å²) in [6, 6.07) is 0. The van der Waals surface area contributed by atoms with Crippen LogP contribution >= 0.6 is 0 Å². The summed E-state index contributed by atoms with van der Waals surface area (Å²) in [5, 5.41) is 70.9. The molecule has 2 aliphatic heterocycles. The molecule has 7 N–H and O–H groups in total. The van der Waals surface area contributed by atoms with Crippen molar-refractivity contribution in [1.82, 2.24) is 0 Å². The molecular formula is C24H46O15S2. The quantitative estimate of drug-likeness (QED) is 0.0823. The van der Waals surface area contributed by atoms with E-state index in [0.29, 0.717) is 25.7 Å². The van der Waals surface area contributed by atoms with Gasteiger partial charge in [-0.3, -0.25) is 0 Å². The average Bonchev–Trinajstić information content (AvgIpc) is 2.92. The molecule has 0 aromatic heterocycles. The summed E-state index contributed by atoms with van der Waals surface area (Å²) in [6.07, 6.45) is -14.4. The van der Waals surface area contributed by atoms with Gasteiger partial charge in [-0.25, -0.2) is 16.8 Å². The van der Waals surface area contributed by atoms with Crippen molar-refractivity contribution in [2.75, 3.05) is 42.8 Å². The van der Waals surface area contributed by atoms with Gasteiger partial charge in [0.2, 0.25) is 0 Å². The van der Waals surface area contributed by atoms with Crippen molar-refractivity contribution in [1.29, 1.82) is 0 Å². The largest absolute Gasteiger partial charge is 0.394 e. The van der Waals surface area contributed by atoms with E-state index < -0.39 is 118 Å². The minimum absolute atomic E-state index is 0.125. The first-order valence-electron chi connectivity index (χ1n) is 13.8. The molecule has 0 amide bonds. The molecule has 0 radical (unpaired) electrons. The second kappa shape index (κ2) is 16.5. The maximum atomic E-state index is 12.6. The Morgan fingerprint density at radius 2 is 1.17 bits per heavy atom. The molecule has 10 atom stereocenters. The highest BCUT2D eigenvalue weighted by Gasteiger charge is 2.50. The predicted octanol–water partition coefficient (Wildman–Crippen LogP) is -3.33. The van der Waals surface area contributed by atoms with Crippen LogP contribution in [-0.4, -0.2) is 157 Å². The third-order valence-electron chi connectivity index (χ3n) is 7.05. The van der Waals surface area contributed by atoms with E-state index >= 15 is 0 Å². The Bertz CT molecular complexity index is 934. The molecule has 0 bridgehead atoms. The zero-order valence-electron chi connectivity index (χ0n) is 23.3. The highest BCUT2D eigenvalue weighted by Crippen LogP contribution is 2.30. The Morgan fingerprint density at radius 3 is 1.66 bits per heavy atom. The van der Waals surface area contributed by atoms with Crippen LogP contribution in [0.4, 0.5) is 0 Å². The summed E-state index contributed by atoms with van der Waals surface area (Å²) in [6.45, 7) is 1.67. The minimum Gasteiger partial charge on any atom is -0.394 e. The third kappa shape index (κ3) is 10.5. The van der Waals surface area contributed by atoms with Gasteiger partial charge in [0.1, 0.15) is 48.8 Å². The second-order valence-electron chi connectivity index (χ2n) is 10.6. The number of hydrogen-bond donors (Lipinski definition) is 7. The smallest absolute Gasteiger partial charge is 0.187 e. The highest BCUT2D eigenvalue weighted by atomic mass is 32.2. The van der Waals surface area contributed by atoms with Crippen LogP contribution < -0.4 is 0 Å². The number of aliphatic hydroxyl groups excluding tert-OH is 7. The number of ether oxygens (including phenoxy) is 4. The van der Waals surface area contributed by atoms with Crippen LogP contribution in [0.1, 0.15) is 39.5 Å². The van der Waals surface area contributed by atoms with E-state index in [-0.39, 0.29) is 11.5 Å². The lowest BCUT2D eigenvalue weighted by atomic mass is 9.97. The van der Waals surface area contributed by atoms with Crippen LogP contribution in [0.15, 0.2) is 0 Å². The van der Waals surface area contributed by atoms with Crippen LogP contribution in [-0.2, 0) is 38.6 Å². The zero-order chi connectivity index (χ0) is 31.0. The summed E-state index contributed by atoms with van der Waals surface area (Å²) >= 11 is 0. The number of aliphatic hydroxyl groups is 7.